The van der Waals surface area contributed by atoms with Crippen LogP contribution in [0.5, 0.6) is 0 Å². The van der Waals surface area contributed by atoms with Gasteiger partial charge < -0.3 is 10.0 Å². The second kappa shape index (κ2) is 5.69. The van der Waals surface area contributed by atoms with E-state index in [2.05, 4.69) is 16.8 Å². The van der Waals surface area contributed by atoms with Gasteiger partial charge in [-0.3, -0.25) is 0 Å². The number of hydrogen-bond donors (Lipinski definition) is 1. The van der Waals surface area contributed by atoms with Gasteiger partial charge in [-0.05, 0) is 25.7 Å². The number of anilines is 1. The van der Waals surface area contributed by atoms with E-state index in [1.54, 1.807) is 0 Å². The molecule has 1 saturated heterocycles. The number of carboxylic acid groups (broad SMARTS) is 1. The van der Waals surface area contributed by atoms with E-state index in [4.69, 9.17) is 5.11 Å². The molecule has 4 nitrogen and oxygen atoms in total. The Morgan fingerprint density at radius 2 is 2.17 bits per heavy atom. The quantitative estimate of drug-likeness (QED) is 0.911. The topological polar surface area (TPSA) is 53.4 Å². The number of carbonyl (C=O) groups is 1. The minimum absolute atomic E-state index is 0.214. The maximum atomic E-state index is 11.0. The van der Waals surface area contributed by atoms with E-state index in [0.717, 1.165) is 29.0 Å². The van der Waals surface area contributed by atoms with E-state index >= 15 is 0 Å². The third-order valence-corrected chi connectivity index (χ3v) is 4.60. The monoisotopic (exact) mass is 268 g/mol. The minimum atomic E-state index is -0.920. The minimum Gasteiger partial charge on any atom is -0.476 e. The smallest absolute Gasteiger partial charge is 0.355 e. The lowest BCUT2D eigenvalue weighted by Crippen LogP contribution is -2.33. The molecule has 0 bridgehead atoms. The van der Waals surface area contributed by atoms with Crippen molar-refractivity contribution in [2.24, 2.45) is 5.92 Å². The summed E-state index contributed by atoms with van der Waals surface area (Å²) in [5, 5.41) is 9.89. The number of hydrogen-bond acceptors (Lipinski definition) is 4. The molecule has 1 aliphatic rings. The zero-order valence-electron chi connectivity index (χ0n) is 11.0. The van der Waals surface area contributed by atoms with Gasteiger partial charge in [0.1, 0.15) is 0 Å². The second-order valence-electron chi connectivity index (χ2n) is 4.93. The van der Waals surface area contributed by atoms with Crippen molar-refractivity contribution < 1.29 is 9.90 Å². The number of piperidine rings is 1. The largest absolute Gasteiger partial charge is 0.476 e. The maximum Gasteiger partial charge on any atom is 0.355 e. The third-order valence-electron chi connectivity index (χ3n) is 3.57. The molecule has 0 radical (unpaired) electrons. The van der Waals surface area contributed by atoms with Crippen LogP contribution in [-0.2, 0) is 0 Å². The summed E-state index contributed by atoms with van der Waals surface area (Å²) in [6.07, 6.45) is 4.97. The van der Waals surface area contributed by atoms with Gasteiger partial charge >= 0.3 is 5.97 Å². The van der Waals surface area contributed by atoms with Crippen LogP contribution in [0.2, 0.25) is 0 Å². The highest BCUT2D eigenvalue weighted by Gasteiger charge is 2.23. The molecule has 100 valence electrons. The van der Waals surface area contributed by atoms with E-state index in [1.807, 2.05) is 6.92 Å². The Hall–Kier alpha value is -1.10. The molecule has 1 aromatic heterocycles. The molecule has 0 atom stereocenters. The summed E-state index contributed by atoms with van der Waals surface area (Å²) >= 11 is 1.50. The number of aromatic nitrogens is 1. The molecule has 0 aromatic carbocycles. The van der Waals surface area contributed by atoms with Gasteiger partial charge in [0.15, 0.2) is 10.8 Å². The molecule has 0 spiro atoms. The Morgan fingerprint density at radius 3 is 2.67 bits per heavy atom. The van der Waals surface area contributed by atoms with Crippen molar-refractivity contribution in [3.63, 3.8) is 0 Å². The van der Waals surface area contributed by atoms with Gasteiger partial charge in [-0.15, -0.1) is 11.3 Å². The number of rotatable bonds is 4. The molecule has 2 heterocycles. The third kappa shape index (κ3) is 2.83. The Morgan fingerprint density at radius 1 is 1.50 bits per heavy atom. The number of aryl methyl sites for hydroxylation is 1. The summed E-state index contributed by atoms with van der Waals surface area (Å²) in [6, 6.07) is 0. The summed E-state index contributed by atoms with van der Waals surface area (Å²) in [5.41, 5.74) is 0.214. The second-order valence-corrected chi connectivity index (χ2v) is 6.11. The highest BCUT2D eigenvalue weighted by atomic mass is 32.1. The van der Waals surface area contributed by atoms with E-state index < -0.39 is 5.97 Å². The maximum absolute atomic E-state index is 11.0. The van der Waals surface area contributed by atoms with Crippen molar-refractivity contribution in [2.75, 3.05) is 18.0 Å². The number of aromatic carboxylic acids is 1. The van der Waals surface area contributed by atoms with Crippen molar-refractivity contribution in [1.29, 1.82) is 0 Å². The van der Waals surface area contributed by atoms with Crippen LogP contribution in [0.1, 0.15) is 48.0 Å². The van der Waals surface area contributed by atoms with Gasteiger partial charge in [-0.1, -0.05) is 19.8 Å². The predicted molar refractivity (Wildman–Crippen MR) is 73.7 cm³/mol. The van der Waals surface area contributed by atoms with Crippen LogP contribution < -0.4 is 4.90 Å². The summed E-state index contributed by atoms with van der Waals surface area (Å²) in [7, 11) is 0. The van der Waals surface area contributed by atoms with E-state index in [9.17, 15) is 4.79 Å². The molecule has 1 aliphatic heterocycles. The van der Waals surface area contributed by atoms with Crippen LogP contribution >= 0.6 is 11.3 Å². The van der Waals surface area contributed by atoms with Gasteiger partial charge in [0.25, 0.3) is 0 Å². The average Bonchev–Trinajstić information content (AvgIpc) is 2.73. The highest BCUT2D eigenvalue weighted by Crippen LogP contribution is 2.30. The summed E-state index contributed by atoms with van der Waals surface area (Å²) in [6.45, 7) is 6.08. The Balaban J connectivity index is 2.01. The van der Waals surface area contributed by atoms with Crippen molar-refractivity contribution in [3.05, 3.63) is 10.6 Å². The Labute approximate surface area is 112 Å². The first-order valence-corrected chi connectivity index (χ1v) is 7.39. The van der Waals surface area contributed by atoms with Crippen molar-refractivity contribution in [1.82, 2.24) is 4.98 Å². The molecular formula is C13H20N2O2S. The van der Waals surface area contributed by atoms with E-state index in [-0.39, 0.29) is 5.69 Å². The molecule has 0 amide bonds. The zero-order chi connectivity index (χ0) is 13.1. The normalized spacial score (nSPS) is 17.1. The standard InChI is InChI=1S/C13H20N2O2S/c1-3-4-10-5-7-15(8-6-10)13-14-11(12(16)17)9(2)18-13/h10H,3-8H2,1-2H3,(H,16,17). The van der Waals surface area contributed by atoms with Crippen molar-refractivity contribution >= 4 is 22.4 Å². The molecule has 0 unspecified atom stereocenters. The lowest BCUT2D eigenvalue weighted by Gasteiger charge is -2.31. The van der Waals surface area contributed by atoms with Gasteiger partial charge in [0.05, 0.1) is 0 Å². The van der Waals surface area contributed by atoms with Gasteiger partial charge in [-0.25, -0.2) is 9.78 Å². The summed E-state index contributed by atoms with van der Waals surface area (Å²) < 4.78 is 0. The van der Waals surface area contributed by atoms with Crippen molar-refractivity contribution in [3.8, 4) is 0 Å². The molecule has 1 N–H and O–H groups in total. The fourth-order valence-electron chi connectivity index (χ4n) is 2.54. The molecule has 5 heteroatoms. The summed E-state index contributed by atoms with van der Waals surface area (Å²) in [5.74, 6) is -0.0814. The van der Waals surface area contributed by atoms with Crippen LogP contribution in [0.3, 0.4) is 0 Å². The van der Waals surface area contributed by atoms with Crippen LogP contribution in [0.25, 0.3) is 0 Å². The van der Waals surface area contributed by atoms with Gasteiger partial charge in [-0.2, -0.15) is 0 Å². The fraction of sp³-hybridized carbons (Fsp3) is 0.692. The van der Waals surface area contributed by atoms with Crippen LogP contribution in [-0.4, -0.2) is 29.1 Å². The Bertz CT molecular complexity index is 423. The van der Waals surface area contributed by atoms with Gasteiger partial charge in [0.2, 0.25) is 0 Å². The lowest BCUT2D eigenvalue weighted by atomic mass is 9.93. The SMILES string of the molecule is CCCC1CCN(c2nc(C(=O)O)c(C)s2)CC1. The Kier molecular flexibility index (Phi) is 4.22. The molecule has 18 heavy (non-hydrogen) atoms. The number of thiazole rings is 1. The van der Waals surface area contributed by atoms with Crippen LogP contribution in [0, 0.1) is 12.8 Å². The zero-order valence-corrected chi connectivity index (χ0v) is 11.8. The molecule has 1 aromatic rings. The van der Waals surface area contributed by atoms with E-state index in [0.29, 0.717) is 0 Å². The van der Waals surface area contributed by atoms with Gasteiger partial charge in [0, 0.05) is 18.0 Å². The number of carboxylic acids is 1. The first kappa shape index (κ1) is 13.3. The molecule has 1 fully saturated rings. The van der Waals surface area contributed by atoms with E-state index in [1.165, 1.54) is 37.0 Å². The van der Waals surface area contributed by atoms with Crippen molar-refractivity contribution in [2.45, 2.75) is 39.5 Å². The van der Waals surface area contributed by atoms with Crippen LogP contribution in [0.4, 0.5) is 5.13 Å². The average molecular weight is 268 g/mol. The number of nitrogens with zero attached hydrogens (tertiary/aromatic N) is 2. The molecule has 0 saturated carbocycles. The fourth-order valence-corrected chi connectivity index (χ4v) is 3.49. The first-order chi connectivity index (χ1) is 8.61. The summed E-state index contributed by atoms with van der Waals surface area (Å²) in [4.78, 5) is 18.3. The predicted octanol–water partition coefficient (Wildman–Crippen LogP) is 3.17. The van der Waals surface area contributed by atoms with Crippen LogP contribution in [0.15, 0.2) is 0 Å². The molecular weight excluding hydrogens is 248 g/mol. The highest BCUT2D eigenvalue weighted by molar-refractivity contribution is 7.15. The molecule has 2 rings (SSSR count). The lowest BCUT2D eigenvalue weighted by molar-refractivity contribution is 0.0690. The molecule has 0 aliphatic carbocycles. The first-order valence-electron chi connectivity index (χ1n) is 6.57.